The molecule has 0 saturated carbocycles. The summed E-state index contributed by atoms with van der Waals surface area (Å²) in [6, 6.07) is -0.0241. The third-order valence-electron chi connectivity index (χ3n) is 2.65. The van der Waals surface area contributed by atoms with Gasteiger partial charge in [0.25, 0.3) is 5.91 Å². The summed E-state index contributed by atoms with van der Waals surface area (Å²) in [5, 5.41) is 6.00. The maximum Gasteiger partial charge on any atom is 0.289 e. The fourth-order valence-electron chi connectivity index (χ4n) is 1.77. The molecule has 2 aliphatic heterocycles. The van der Waals surface area contributed by atoms with Gasteiger partial charge in [0.1, 0.15) is 19.5 Å². The van der Waals surface area contributed by atoms with Gasteiger partial charge in [0.05, 0.1) is 12.1 Å². The number of carbonyl (C=O) groups excluding carboxylic acids is 1. The van der Waals surface area contributed by atoms with Gasteiger partial charge < -0.3 is 24.8 Å². The summed E-state index contributed by atoms with van der Waals surface area (Å²) in [5.74, 6) is -0.0246. The van der Waals surface area contributed by atoms with Crippen LogP contribution in [0, 0.1) is 0 Å². The molecule has 0 aliphatic carbocycles. The summed E-state index contributed by atoms with van der Waals surface area (Å²) in [6.45, 7) is 2.36. The molecule has 2 atom stereocenters. The molecule has 90 valence electrons. The van der Waals surface area contributed by atoms with E-state index >= 15 is 0 Å². The molecule has 2 aliphatic rings. The highest BCUT2D eigenvalue weighted by atomic mass is 16.6. The number of hydrogen-bond acceptors (Lipinski definition) is 5. The Kier molecular flexibility index (Phi) is 3.63. The minimum atomic E-state index is -0.254. The molecule has 0 aromatic heterocycles. The molecule has 6 nitrogen and oxygen atoms in total. The fourth-order valence-corrected chi connectivity index (χ4v) is 1.77. The standard InChI is InChI=1S/C10H16N2O4/c1-14-8-5-11-4-7(8)12-10(13)9-6-15-2-3-16-9/h6-8,11H,2-5H2,1H3,(H,12,13)/t7?,8-/m0/s1. The van der Waals surface area contributed by atoms with Gasteiger partial charge in [0, 0.05) is 20.2 Å². The van der Waals surface area contributed by atoms with Gasteiger partial charge in [-0.25, -0.2) is 0 Å². The van der Waals surface area contributed by atoms with E-state index in [4.69, 9.17) is 14.2 Å². The van der Waals surface area contributed by atoms with E-state index in [9.17, 15) is 4.79 Å². The van der Waals surface area contributed by atoms with Crippen molar-refractivity contribution < 1.29 is 19.0 Å². The minimum Gasteiger partial charge on any atom is -0.494 e. The average molecular weight is 228 g/mol. The molecule has 0 spiro atoms. The van der Waals surface area contributed by atoms with Crippen LogP contribution < -0.4 is 10.6 Å². The third-order valence-corrected chi connectivity index (χ3v) is 2.65. The number of ether oxygens (including phenoxy) is 3. The van der Waals surface area contributed by atoms with Crippen molar-refractivity contribution in [3.63, 3.8) is 0 Å². The van der Waals surface area contributed by atoms with E-state index in [0.717, 1.165) is 6.54 Å². The largest absolute Gasteiger partial charge is 0.494 e. The van der Waals surface area contributed by atoms with Gasteiger partial charge in [-0.3, -0.25) is 4.79 Å². The van der Waals surface area contributed by atoms with Gasteiger partial charge in [-0.05, 0) is 0 Å². The second kappa shape index (κ2) is 5.18. The van der Waals surface area contributed by atoms with Crippen molar-refractivity contribution >= 4 is 5.91 Å². The monoisotopic (exact) mass is 228 g/mol. The van der Waals surface area contributed by atoms with Crippen LogP contribution in [0.15, 0.2) is 12.0 Å². The van der Waals surface area contributed by atoms with Crippen molar-refractivity contribution in [1.82, 2.24) is 10.6 Å². The summed E-state index contributed by atoms with van der Waals surface area (Å²) >= 11 is 0. The van der Waals surface area contributed by atoms with Crippen LogP contribution in [0.4, 0.5) is 0 Å². The fraction of sp³-hybridized carbons (Fsp3) is 0.700. The first kappa shape index (κ1) is 11.2. The van der Waals surface area contributed by atoms with Gasteiger partial charge in [-0.15, -0.1) is 0 Å². The van der Waals surface area contributed by atoms with Gasteiger partial charge in [0.15, 0.2) is 0 Å². The number of nitrogens with one attached hydrogen (secondary N) is 2. The maximum absolute atomic E-state index is 11.7. The molecule has 16 heavy (non-hydrogen) atoms. The maximum atomic E-state index is 11.7. The van der Waals surface area contributed by atoms with E-state index < -0.39 is 0 Å². The number of rotatable bonds is 3. The Morgan fingerprint density at radius 1 is 1.56 bits per heavy atom. The van der Waals surface area contributed by atoms with Gasteiger partial charge in [-0.1, -0.05) is 0 Å². The van der Waals surface area contributed by atoms with Crippen molar-refractivity contribution in [2.75, 3.05) is 33.4 Å². The predicted octanol–water partition coefficient (Wildman–Crippen LogP) is -1.02. The first-order valence-electron chi connectivity index (χ1n) is 5.30. The molecule has 1 unspecified atom stereocenters. The van der Waals surface area contributed by atoms with Crippen molar-refractivity contribution in [3.8, 4) is 0 Å². The van der Waals surface area contributed by atoms with E-state index in [1.165, 1.54) is 6.26 Å². The van der Waals surface area contributed by atoms with Crippen molar-refractivity contribution in [3.05, 3.63) is 12.0 Å². The van der Waals surface area contributed by atoms with Crippen LogP contribution >= 0.6 is 0 Å². The molecule has 2 N–H and O–H groups in total. The van der Waals surface area contributed by atoms with Crippen LogP contribution in [-0.2, 0) is 19.0 Å². The van der Waals surface area contributed by atoms with Crippen LogP contribution in [0.1, 0.15) is 0 Å². The quantitative estimate of drug-likeness (QED) is 0.647. The normalized spacial score (nSPS) is 28.9. The molecule has 1 amide bonds. The molecule has 2 rings (SSSR count). The number of hydrogen-bond donors (Lipinski definition) is 2. The number of methoxy groups -OCH3 is 1. The Labute approximate surface area is 93.9 Å². The molecule has 1 saturated heterocycles. The Morgan fingerprint density at radius 2 is 2.44 bits per heavy atom. The lowest BCUT2D eigenvalue weighted by Crippen LogP contribution is -2.44. The highest BCUT2D eigenvalue weighted by molar-refractivity contribution is 5.91. The van der Waals surface area contributed by atoms with Crippen molar-refractivity contribution in [2.45, 2.75) is 12.1 Å². The summed E-state index contributed by atoms with van der Waals surface area (Å²) in [5.41, 5.74) is 0. The lowest BCUT2D eigenvalue weighted by atomic mass is 10.2. The van der Waals surface area contributed by atoms with E-state index in [2.05, 4.69) is 10.6 Å². The van der Waals surface area contributed by atoms with Gasteiger partial charge in [-0.2, -0.15) is 0 Å². The lowest BCUT2D eigenvalue weighted by Gasteiger charge is -2.20. The van der Waals surface area contributed by atoms with Crippen LogP contribution in [-0.4, -0.2) is 51.5 Å². The smallest absolute Gasteiger partial charge is 0.289 e. The number of carbonyl (C=O) groups is 1. The van der Waals surface area contributed by atoms with E-state index in [0.29, 0.717) is 19.8 Å². The first-order valence-corrected chi connectivity index (χ1v) is 5.30. The van der Waals surface area contributed by atoms with Gasteiger partial charge in [0.2, 0.25) is 5.76 Å². The Balaban J connectivity index is 1.88. The molecule has 6 heteroatoms. The third kappa shape index (κ3) is 2.45. The van der Waals surface area contributed by atoms with Crippen LogP contribution in [0.3, 0.4) is 0 Å². The second-order valence-electron chi connectivity index (χ2n) is 3.71. The van der Waals surface area contributed by atoms with Crippen molar-refractivity contribution in [1.29, 1.82) is 0 Å². The zero-order chi connectivity index (χ0) is 11.4. The highest BCUT2D eigenvalue weighted by Crippen LogP contribution is 2.08. The highest BCUT2D eigenvalue weighted by Gasteiger charge is 2.29. The summed E-state index contributed by atoms with van der Waals surface area (Å²) in [4.78, 5) is 11.7. The lowest BCUT2D eigenvalue weighted by molar-refractivity contribution is -0.123. The summed E-state index contributed by atoms with van der Waals surface area (Å²) < 4.78 is 15.5. The SMILES string of the molecule is CO[C@H]1CNCC1NC(=O)C1=COCCO1. The molecular weight excluding hydrogens is 212 g/mol. The molecule has 0 bridgehead atoms. The van der Waals surface area contributed by atoms with Crippen LogP contribution in [0.25, 0.3) is 0 Å². The van der Waals surface area contributed by atoms with E-state index in [-0.39, 0.29) is 23.8 Å². The molecule has 2 heterocycles. The zero-order valence-electron chi connectivity index (χ0n) is 9.19. The van der Waals surface area contributed by atoms with Gasteiger partial charge >= 0.3 is 0 Å². The molecule has 0 aromatic carbocycles. The summed E-state index contributed by atoms with van der Waals surface area (Å²) in [7, 11) is 1.64. The molecular formula is C10H16N2O4. The molecule has 0 aromatic rings. The topological polar surface area (TPSA) is 68.8 Å². The molecule has 0 radical (unpaired) electrons. The summed E-state index contributed by atoms with van der Waals surface area (Å²) in [6.07, 6.45) is 1.36. The Hall–Kier alpha value is -1.27. The predicted molar refractivity (Wildman–Crippen MR) is 55.6 cm³/mol. The average Bonchev–Trinajstić information content (AvgIpc) is 2.77. The van der Waals surface area contributed by atoms with Crippen molar-refractivity contribution in [2.24, 2.45) is 0 Å². The first-order chi connectivity index (χ1) is 7.81. The van der Waals surface area contributed by atoms with Crippen LogP contribution in [0.2, 0.25) is 0 Å². The molecule has 1 fully saturated rings. The minimum absolute atomic E-state index is 0.00839. The van der Waals surface area contributed by atoms with E-state index in [1.54, 1.807) is 7.11 Å². The second-order valence-corrected chi connectivity index (χ2v) is 3.71. The Morgan fingerprint density at radius 3 is 3.12 bits per heavy atom. The number of amides is 1. The van der Waals surface area contributed by atoms with Crippen LogP contribution in [0.5, 0.6) is 0 Å². The Bertz CT molecular complexity index is 293. The zero-order valence-corrected chi connectivity index (χ0v) is 9.19. The van der Waals surface area contributed by atoms with E-state index in [1.807, 2.05) is 0 Å².